The minimum atomic E-state index is 0.0578. The Morgan fingerprint density at radius 2 is 1.18 bits per heavy atom. The smallest absolute Gasteiger partial charge is 0.194 e. The lowest BCUT2D eigenvalue weighted by Crippen LogP contribution is -2.14. The molecule has 0 saturated carbocycles. The number of hydrogen-bond acceptors (Lipinski definition) is 5. The van der Waals surface area contributed by atoms with E-state index in [0.717, 1.165) is 82.3 Å². The number of nitrogens with one attached hydrogen (secondary N) is 4. The molecule has 7 nitrogen and oxygen atoms in total. The molecule has 174 valence electrons. The van der Waals surface area contributed by atoms with Crippen LogP contribution < -0.4 is 10.6 Å². The fourth-order valence-corrected chi connectivity index (χ4v) is 4.38. The number of fused-ring (bicyclic) bond motifs is 3. The van der Waals surface area contributed by atoms with Crippen molar-refractivity contribution in [3.63, 3.8) is 0 Å². The van der Waals surface area contributed by atoms with Crippen LogP contribution in [0.2, 0.25) is 0 Å². The summed E-state index contributed by atoms with van der Waals surface area (Å²) in [4.78, 5) is 29.0. The van der Waals surface area contributed by atoms with Crippen LogP contribution in [0.25, 0.3) is 33.6 Å². The van der Waals surface area contributed by atoms with Gasteiger partial charge in [0, 0.05) is 22.3 Å². The molecule has 1 aliphatic rings. The van der Waals surface area contributed by atoms with E-state index < -0.39 is 0 Å². The predicted molar refractivity (Wildman–Crippen MR) is 134 cm³/mol. The largest absolute Gasteiger partial charge is 0.341 e. The number of carbonyl (C=O) groups excluding carboxylic acids is 1. The van der Waals surface area contributed by atoms with Crippen LogP contribution in [0.5, 0.6) is 0 Å². The quantitative estimate of drug-likeness (QED) is 0.230. The molecular formula is C27H30N6O. The van der Waals surface area contributed by atoms with Gasteiger partial charge >= 0.3 is 0 Å². The van der Waals surface area contributed by atoms with Gasteiger partial charge in [-0.3, -0.25) is 4.79 Å². The Hall–Kier alpha value is -3.55. The van der Waals surface area contributed by atoms with E-state index in [1.807, 2.05) is 36.7 Å². The van der Waals surface area contributed by atoms with Gasteiger partial charge in [0.1, 0.15) is 11.6 Å². The Bertz CT molecular complexity index is 1220. The molecule has 2 aromatic carbocycles. The summed E-state index contributed by atoms with van der Waals surface area (Å²) in [6, 6.07) is 12.1. The molecule has 4 aromatic rings. The lowest BCUT2D eigenvalue weighted by atomic mass is 10.0. The topological polar surface area (TPSA) is 98.5 Å². The first-order valence-corrected chi connectivity index (χ1v) is 12.0. The standard InChI is InChI=1S/C27H30N6O/c1-3-9-28-15-25-30-13-23(32-25)17-5-7-19-20-8-6-18(12-22(20)27(34)21(19)11-17)24-14-31-26(33-24)16-29-10-4-2/h5-8,11-14,28-29H,3-4,9-10,15-16H2,1-2H3,(H,30,32)(H,31,33). The van der Waals surface area contributed by atoms with Crippen molar-refractivity contribution >= 4 is 5.78 Å². The summed E-state index contributed by atoms with van der Waals surface area (Å²) in [6.07, 6.45) is 5.84. The molecular weight excluding hydrogens is 424 g/mol. The second-order valence-corrected chi connectivity index (χ2v) is 8.69. The molecule has 0 fully saturated rings. The summed E-state index contributed by atoms with van der Waals surface area (Å²) in [7, 11) is 0. The molecule has 2 heterocycles. The van der Waals surface area contributed by atoms with Crippen molar-refractivity contribution in [1.82, 2.24) is 30.6 Å². The summed E-state index contributed by atoms with van der Waals surface area (Å²) in [5.41, 5.74) is 7.20. The van der Waals surface area contributed by atoms with Gasteiger partial charge in [-0.15, -0.1) is 0 Å². The van der Waals surface area contributed by atoms with Crippen molar-refractivity contribution in [2.24, 2.45) is 0 Å². The van der Waals surface area contributed by atoms with E-state index >= 15 is 0 Å². The van der Waals surface area contributed by atoms with Gasteiger partial charge in [0.2, 0.25) is 0 Å². The Balaban J connectivity index is 1.37. The number of hydrogen-bond donors (Lipinski definition) is 4. The zero-order valence-electron chi connectivity index (χ0n) is 19.7. The number of benzene rings is 2. The van der Waals surface area contributed by atoms with Crippen molar-refractivity contribution in [3.8, 4) is 33.6 Å². The average Bonchev–Trinajstić information content (AvgIpc) is 3.58. The van der Waals surface area contributed by atoms with Crippen LogP contribution in [0.1, 0.15) is 54.3 Å². The molecule has 0 bridgehead atoms. The lowest BCUT2D eigenvalue weighted by Gasteiger charge is -2.04. The molecule has 0 spiro atoms. The Morgan fingerprint density at radius 1 is 0.706 bits per heavy atom. The van der Waals surface area contributed by atoms with E-state index in [4.69, 9.17) is 0 Å². The third kappa shape index (κ3) is 4.32. The predicted octanol–water partition coefficient (Wildman–Crippen LogP) is 4.68. The van der Waals surface area contributed by atoms with Crippen LogP contribution in [0, 0.1) is 0 Å². The molecule has 5 rings (SSSR count). The summed E-state index contributed by atoms with van der Waals surface area (Å²) < 4.78 is 0. The zero-order valence-corrected chi connectivity index (χ0v) is 19.7. The van der Waals surface area contributed by atoms with E-state index in [-0.39, 0.29) is 5.78 Å². The van der Waals surface area contributed by atoms with Gasteiger partial charge in [0.05, 0.1) is 36.9 Å². The van der Waals surface area contributed by atoms with Gasteiger partial charge in [-0.25, -0.2) is 9.97 Å². The highest BCUT2D eigenvalue weighted by Gasteiger charge is 2.27. The first kappa shape index (κ1) is 22.3. The van der Waals surface area contributed by atoms with Gasteiger partial charge in [-0.1, -0.05) is 38.1 Å². The van der Waals surface area contributed by atoms with Crippen molar-refractivity contribution in [3.05, 3.63) is 71.6 Å². The van der Waals surface area contributed by atoms with Crippen LogP contribution in [0.3, 0.4) is 0 Å². The maximum atomic E-state index is 13.3. The Kier molecular flexibility index (Phi) is 6.38. The number of nitrogens with zero attached hydrogens (tertiary/aromatic N) is 2. The maximum Gasteiger partial charge on any atom is 0.194 e. The number of aromatic amines is 2. The second kappa shape index (κ2) is 9.75. The van der Waals surface area contributed by atoms with Crippen LogP contribution in [0.15, 0.2) is 48.8 Å². The zero-order chi connectivity index (χ0) is 23.5. The number of carbonyl (C=O) groups is 1. The normalized spacial score (nSPS) is 12.2. The fourth-order valence-electron chi connectivity index (χ4n) is 4.38. The molecule has 0 radical (unpaired) electrons. The highest BCUT2D eigenvalue weighted by Crippen LogP contribution is 2.40. The summed E-state index contributed by atoms with van der Waals surface area (Å²) in [6.45, 7) is 7.60. The monoisotopic (exact) mass is 454 g/mol. The number of aromatic nitrogens is 4. The number of rotatable bonds is 10. The van der Waals surface area contributed by atoms with E-state index in [0.29, 0.717) is 13.1 Å². The highest BCUT2D eigenvalue weighted by atomic mass is 16.1. The summed E-state index contributed by atoms with van der Waals surface area (Å²) >= 11 is 0. The van der Waals surface area contributed by atoms with E-state index in [2.05, 4.69) is 56.5 Å². The van der Waals surface area contributed by atoms with E-state index in [1.54, 1.807) is 0 Å². The van der Waals surface area contributed by atoms with Crippen LogP contribution in [-0.2, 0) is 13.1 Å². The minimum absolute atomic E-state index is 0.0578. The fraction of sp³-hybridized carbons (Fsp3) is 0.296. The van der Waals surface area contributed by atoms with Crippen molar-refractivity contribution in [1.29, 1.82) is 0 Å². The molecule has 0 unspecified atom stereocenters. The van der Waals surface area contributed by atoms with Crippen LogP contribution in [0.4, 0.5) is 0 Å². The third-order valence-electron chi connectivity index (χ3n) is 6.14. The molecule has 0 amide bonds. The molecule has 7 heteroatoms. The molecule has 0 aliphatic heterocycles. The Morgan fingerprint density at radius 3 is 1.62 bits per heavy atom. The van der Waals surface area contributed by atoms with Crippen LogP contribution >= 0.6 is 0 Å². The van der Waals surface area contributed by atoms with Gasteiger partial charge in [-0.05, 0) is 49.2 Å². The second-order valence-electron chi connectivity index (χ2n) is 8.69. The van der Waals surface area contributed by atoms with E-state index in [9.17, 15) is 4.79 Å². The Labute approximate surface area is 199 Å². The molecule has 0 atom stereocenters. The van der Waals surface area contributed by atoms with Gasteiger partial charge < -0.3 is 20.6 Å². The molecule has 2 aromatic heterocycles. The minimum Gasteiger partial charge on any atom is -0.341 e. The third-order valence-corrected chi connectivity index (χ3v) is 6.14. The molecule has 0 saturated heterocycles. The van der Waals surface area contributed by atoms with Crippen molar-refractivity contribution in [2.75, 3.05) is 13.1 Å². The molecule has 34 heavy (non-hydrogen) atoms. The van der Waals surface area contributed by atoms with Crippen LogP contribution in [-0.4, -0.2) is 38.8 Å². The number of H-pyrrole nitrogens is 2. The number of ketones is 1. The first-order chi connectivity index (χ1) is 16.7. The summed E-state index contributed by atoms with van der Waals surface area (Å²) in [5.74, 6) is 1.85. The maximum absolute atomic E-state index is 13.3. The lowest BCUT2D eigenvalue weighted by molar-refractivity contribution is 0.104. The average molecular weight is 455 g/mol. The van der Waals surface area contributed by atoms with Crippen molar-refractivity contribution < 1.29 is 4.79 Å². The van der Waals surface area contributed by atoms with Gasteiger partial charge in [0.15, 0.2) is 5.78 Å². The SMILES string of the molecule is CCCNCc1ncc(-c2ccc3c(c2)C(=O)c2cc(-c4cnc(CNCCC)[nH]4)ccc2-3)[nH]1. The molecule has 4 N–H and O–H groups in total. The van der Waals surface area contributed by atoms with E-state index in [1.165, 1.54) is 0 Å². The number of imidazole rings is 2. The highest BCUT2D eigenvalue weighted by molar-refractivity contribution is 6.22. The first-order valence-electron chi connectivity index (χ1n) is 12.0. The van der Waals surface area contributed by atoms with Gasteiger partial charge in [-0.2, -0.15) is 0 Å². The molecule has 1 aliphatic carbocycles. The summed E-state index contributed by atoms with van der Waals surface area (Å²) in [5, 5.41) is 6.70. The van der Waals surface area contributed by atoms with Crippen molar-refractivity contribution in [2.45, 2.75) is 39.8 Å². The van der Waals surface area contributed by atoms with Gasteiger partial charge in [0.25, 0.3) is 0 Å².